The Kier molecular flexibility index (Phi) is 4.43. The monoisotopic (exact) mass is 387 g/mol. The first-order chi connectivity index (χ1) is 10.0. The maximum Gasteiger partial charge on any atom is 0.125 e. The van der Waals surface area contributed by atoms with Crippen LogP contribution < -0.4 is 5.32 Å². The molecule has 1 aliphatic carbocycles. The van der Waals surface area contributed by atoms with Gasteiger partial charge < -0.3 is 5.32 Å². The highest BCUT2D eigenvalue weighted by Gasteiger charge is 2.32. The van der Waals surface area contributed by atoms with Gasteiger partial charge in [-0.25, -0.2) is 4.39 Å². The number of anilines is 1. The normalized spacial score (nSPS) is 21.0. The van der Waals surface area contributed by atoms with Crippen molar-refractivity contribution in [1.82, 2.24) is 0 Å². The van der Waals surface area contributed by atoms with E-state index in [2.05, 4.69) is 27.3 Å². The Hall–Kier alpha value is -0.770. The van der Waals surface area contributed by atoms with Gasteiger partial charge in [-0.3, -0.25) is 0 Å². The predicted molar refractivity (Wildman–Crippen MR) is 89.9 cm³/mol. The topological polar surface area (TPSA) is 12.0 Å². The number of halogens is 4. The number of benzene rings is 2. The summed E-state index contributed by atoms with van der Waals surface area (Å²) in [7, 11) is 0. The number of hydrogen-bond acceptors (Lipinski definition) is 1. The highest BCUT2D eigenvalue weighted by Crippen LogP contribution is 2.43. The molecular weight excluding hydrogens is 376 g/mol. The molecule has 5 heteroatoms. The minimum absolute atomic E-state index is 0.325. The molecule has 0 heterocycles. The third-order valence-corrected chi connectivity index (χ3v) is 5.11. The zero-order chi connectivity index (χ0) is 15.0. The molecule has 1 N–H and O–H groups in total. The molecule has 0 bridgehead atoms. The van der Waals surface area contributed by atoms with Crippen molar-refractivity contribution in [1.29, 1.82) is 0 Å². The molecule has 1 nitrogen and oxygen atoms in total. The van der Waals surface area contributed by atoms with Crippen molar-refractivity contribution in [3.05, 3.63) is 62.3 Å². The van der Waals surface area contributed by atoms with E-state index in [0.29, 0.717) is 21.5 Å². The average Bonchev–Trinajstić information content (AvgIpc) is 2.37. The van der Waals surface area contributed by atoms with E-state index in [4.69, 9.17) is 23.2 Å². The molecule has 3 rings (SSSR count). The van der Waals surface area contributed by atoms with Gasteiger partial charge in [0.1, 0.15) is 5.82 Å². The lowest BCUT2D eigenvalue weighted by molar-refractivity contribution is 0.374. The first kappa shape index (κ1) is 15.1. The molecule has 2 aromatic carbocycles. The molecule has 0 aromatic heterocycles. The van der Waals surface area contributed by atoms with E-state index < -0.39 is 0 Å². The van der Waals surface area contributed by atoms with Crippen LogP contribution in [0.3, 0.4) is 0 Å². The Balaban J connectivity index is 1.67. The Morgan fingerprint density at radius 2 is 1.81 bits per heavy atom. The lowest BCUT2D eigenvalue weighted by Crippen LogP contribution is -2.34. The summed E-state index contributed by atoms with van der Waals surface area (Å²) in [4.78, 5) is 0. The molecule has 1 aliphatic rings. The molecule has 0 unspecified atom stereocenters. The molecule has 21 heavy (non-hydrogen) atoms. The van der Waals surface area contributed by atoms with Crippen LogP contribution in [-0.2, 0) is 0 Å². The Morgan fingerprint density at radius 1 is 1.10 bits per heavy atom. The number of nitrogens with one attached hydrogen (secondary N) is 1. The summed E-state index contributed by atoms with van der Waals surface area (Å²) in [5, 5.41) is 4.59. The van der Waals surface area contributed by atoms with Gasteiger partial charge in [0.15, 0.2) is 0 Å². The third kappa shape index (κ3) is 3.20. The van der Waals surface area contributed by atoms with Crippen molar-refractivity contribution >= 4 is 44.8 Å². The maximum absolute atomic E-state index is 13.2. The average molecular weight is 389 g/mol. The lowest BCUT2D eigenvalue weighted by atomic mass is 9.76. The Bertz CT molecular complexity index is 648. The van der Waals surface area contributed by atoms with E-state index in [1.807, 2.05) is 18.2 Å². The Morgan fingerprint density at radius 3 is 2.48 bits per heavy atom. The number of rotatable bonds is 3. The first-order valence-electron chi connectivity index (χ1n) is 6.70. The van der Waals surface area contributed by atoms with Gasteiger partial charge in [-0.15, -0.1) is 0 Å². The van der Waals surface area contributed by atoms with Gasteiger partial charge in [0.05, 0.1) is 10.7 Å². The molecule has 2 aromatic rings. The van der Waals surface area contributed by atoms with Crippen molar-refractivity contribution in [3.63, 3.8) is 0 Å². The molecule has 0 spiro atoms. The van der Waals surface area contributed by atoms with E-state index >= 15 is 0 Å². The van der Waals surface area contributed by atoms with Crippen molar-refractivity contribution in [2.24, 2.45) is 0 Å². The summed E-state index contributed by atoms with van der Waals surface area (Å²) in [6.45, 7) is 0. The highest BCUT2D eigenvalue weighted by atomic mass is 79.9. The fraction of sp³-hybridized carbons (Fsp3) is 0.250. The van der Waals surface area contributed by atoms with E-state index in [9.17, 15) is 4.39 Å². The second kappa shape index (κ2) is 6.15. The zero-order valence-corrected chi connectivity index (χ0v) is 14.1. The van der Waals surface area contributed by atoms with E-state index in [-0.39, 0.29) is 5.82 Å². The van der Waals surface area contributed by atoms with Gasteiger partial charge in [-0.1, -0.05) is 41.4 Å². The van der Waals surface area contributed by atoms with Crippen LogP contribution in [0, 0.1) is 5.82 Å². The molecule has 0 aliphatic heterocycles. The molecule has 0 saturated heterocycles. The largest absolute Gasteiger partial charge is 0.380 e. The molecule has 0 amide bonds. The summed E-state index contributed by atoms with van der Waals surface area (Å²) >= 11 is 15.6. The van der Waals surface area contributed by atoms with Crippen LogP contribution in [0.4, 0.5) is 10.1 Å². The fourth-order valence-electron chi connectivity index (χ4n) is 2.68. The van der Waals surface area contributed by atoms with E-state index in [1.54, 1.807) is 0 Å². The van der Waals surface area contributed by atoms with Gasteiger partial charge in [0, 0.05) is 15.5 Å². The lowest BCUT2D eigenvalue weighted by Gasteiger charge is -2.37. The molecular formula is C16H13BrCl2FN. The zero-order valence-electron chi connectivity index (χ0n) is 11.0. The van der Waals surface area contributed by atoms with Gasteiger partial charge in [-0.2, -0.15) is 0 Å². The third-order valence-electron chi connectivity index (χ3n) is 3.84. The summed E-state index contributed by atoms with van der Waals surface area (Å²) in [5.41, 5.74) is 1.95. The predicted octanol–water partition coefficient (Wildman–Crippen LogP) is 6.25. The SMILES string of the molecule is Fc1cc(Cl)c(NC2CC(c3ccccc3Cl)C2)c(Br)c1. The molecule has 0 atom stereocenters. The van der Waals surface area contributed by atoms with Crippen LogP contribution >= 0.6 is 39.1 Å². The van der Waals surface area contributed by atoms with Crippen molar-refractivity contribution < 1.29 is 4.39 Å². The Labute approximate surface area is 141 Å². The van der Waals surface area contributed by atoms with Crippen LogP contribution in [0.15, 0.2) is 40.9 Å². The fourth-order valence-corrected chi connectivity index (χ4v) is 3.89. The molecule has 0 radical (unpaired) electrons. The molecule has 1 fully saturated rings. The van der Waals surface area contributed by atoms with Crippen LogP contribution in [0.25, 0.3) is 0 Å². The van der Waals surface area contributed by atoms with E-state index in [0.717, 1.165) is 23.6 Å². The summed E-state index contributed by atoms with van der Waals surface area (Å²) < 4.78 is 13.9. The van der Waals surface area contributed by atoms with Gasteiger partial charge in [-0.05, 0) is 58.5 Å². The van der Waals surface area contributed by atoms with Gasteiger partial charge >= 0.3 is 0 Å². The minimum atomic E-state index is -0.347. The second-order valence-electron chi connectivity index (χ2n) is 5.28. The number of hydrogen-bond donors (Lipinski definition) is 1. The summed E-state index contributed by atoms with van der Waals surface area (Å²) in [6, 6.07) is 11.0. The van der Waals surface area contributed by atoms with Crippen molar-refractivity contribution in [3.8, 4) is 0 Å². The first-order valence-corrected chi connectivity index (χ1v) is 8.25. The highest BCUT2D eigenvalue weighted by molar-refractivity contribution is 9.10. The summed E-state index contributed by atoms with van der Waals surface area (Å²) in [6.07, 6.45) is 1.98. The van der Waals surface area contributed by atoms with Crippen molar-refractivity contribution in [2.45, 2.75) is 24.8 Å². The second-order valence-corrected chi connectivity index (χ2v) is 6.94. The van der Waals surface area contributed by atoms with Crippen LogP contribution in [0.5, 0.6) is 0 Å². The molecule has 110 valence electrons. The smallest absolute Gasteiger partial charge is 0.125 e. The van der Waals surface area contributed by atoms with Crippen LogP contribution in [-0.4, -0.2) is 6.04 Å². The van der Waals surface area contributed by atoms with Gasteiger partial charge in [0.25, 0.3) is 0 Å². The van der Waals surface area contributed by atoms with Crippen LogP contribution in [0.2, 0.25) is 10.0 Å². The quantitative estimate of drug-likeness (QED) is 0.654. The maximum atomic E-state index is 13.2. The van der Waals surface area contributed by atoms with Crippen LogP contribution in [0.1, 0.15) is 24.3 Å². The van der Waals surface area contributed by atoms with Crippen molar-refractivity contribution in [2.75, 3.05) is 5.32 Å². The van der Waals surface area contributed by atoms with E-state index in [1.165, 1.54) is 17.7 Å². The summed E-state index contributed by atoms with van der Waals surface area (Å²) in [5.74, 6) is 0.120. The minimum Gasteiger partial charge on any atom is -0.380 e. The standard InChI is InChI=1S/C16H13BrCl2FN/c17-13-7-10(20)8-15(19)16(13)21-11-5-9(6-11)12-3-1-2-4-14(12)18/h1-4,7-9,11,21H,5-6H2. The van der Waals surface area contributed by atoms with Gasteiger partial charge in [0.2, 0.25) is 0 Å². The molecule has 1 saturated carbocycles.